The Balaban J connectivity index is 2.31. The maximum Gasteiger partial charge on any atom is 0.0220 e. The summed E-state index contributed by atoms with van der Waals surface area (Å²) >= 11 is 0. The topological polar surface area (TPSA) is 15.3 Å². The predicted molar refractivity (Wildman–Crippen MR) is 48.2 cm³/mol. The SMILES string of the molecule is CN(C)NC1CCC(C)(C)C1. The van der Waals surface area contributed by atoms with Gasteiger partial charge in [-0.3, -0.25) is 10.4 Å². The molecule has 11 heavy (non-hydrogen) atoms. The molecule has 66 valence electrons. The van der Waals surface area contributed by atoms with Crippen molar-refractivity contribution in [2.75, 3.05) is 14.1 Å². The molecule has 1 aliphatic carbocycles. The zero-order valence-electron chi connectivity index (χ0n) is 8.15. The summed E-state index contributed by atoms with van der Waals surface area (Å²) in [6, 6.07) is 0.708. The smallest absolute Gasteiger partial charge is 0.0220 e. The first-order valence-corrected chi connectivity index (χ1v) is 4.43. The minimum Gasteiger partial charge on any atom is -0.253 e. The molecule has 1 N–H and O–H groups in total. The molecule has 1 fully saturated rings. The molecule has 0 aromatic heterocycles. The fourth-order valence-electron chi connectivity index (χ4n) is 1.91. The van der Waals surface area contributed by atoms with Gasteiger partial charge in [-0.1, -0.05) is 13.8 Å². The molecule has 1 saturated carbocycles. The largest absolute Gasteiger partial charge is 0.253 e. The van der Waals surface area contributed by atoms with Crippen LogP contribution in [0.15, 0.2) is 0 Å². The molecule has 2 heteroatoms. The Morgan fingerprint density at radius 1 is 1.36 bits per heavy atom. The van der Waals surface area contributed by atoms with Crippen LogP contribution in [0.25, 0.3) is 0 Å². The second-order valence-electron chi connectivity index (χ2n) is 4.63. The van der Waals surface area contributed by atoms with E-state index < -0.39 is 0 Å². The van der Waals surface area contributed by atoms with Gasteiger partial charge in [-0.05, 0) is 24.7 Å². The molecular weight excluding hydrogens is 136 g/mol. The minimum absolute atomic E-state index is 0.563. The van der Waals surface area contributed by atoms with Gasteiger partial charge >= 0.3 is 0 Å². The van der Waals surface area contributed by atoms with Crippen LogP contribution >= 0.6 is 0 Å². The van der Waals surface area contributed by atoms with Crippen molar-refractivity contribution in [3.63, 3.8) is 0 Å². The molecular formula is C9H20N2. The Morgan fingerprint density at radius 3 is 2.36 bits per heavy atom. The Kier molecular flexibility index (Phi) is 2.55. The van der Waals surface area contributed by atoms with Crippen LogP contribution in [0.2, 0.25) is 0 Å². The van der Waals surface area contributed by atoms with Crippen molar-refractivity contribution in [1.82, 2.24) is 10.4 Å². The van der Waals surface area contributed by atoms with Crippen molar-refractivity contribution < 1.29 is 0 Å². The normalized spacial score (nSPS) is 29.7. The van der Waals surface area contributed by atoms with Crippen LogP contribution in [0.4, 0.5) is 0 Å². The second-order valence-corrected chi connectivity index (χ2v) is 4.63. The summed E-state index contributed by atoms with van der Waals surface area (Å²) in [5.41, 5.74) is 3.99. The molecule has 0 spiro atoms. The minimum atomic E-state index is 0.563. The van der Waals surface area contributed by atoms with E-state index in [4.69, 9.17) is 0 Å². The first kappa shape index (κ1) is 9.01. The highest BCUT2D eigenvalue weighted by atomic mass is 15.5. The fraction of sp³-hybridized carbons (Fsp3) is 1.00. The molecule has 0 amide bonds. The number of hydrazine groups is 1. The van der Waals surface area contributed by atoms with Crippen LogP contribution in [-0.2, 0) is 0 Å². The zero-order valence-corrected chi connectivity index (χ0v) is 8.15. The van der Waals surface area contributed by atoms with Crippen LogP contribution in [0.1, 0.15) is 33.1 Å². The van der Waals surface area contributed by atoms with Gasteiger partial charge in [-0.2, -0.15) is 0 Å². The van der Waals surface area contributed by atoms with E-state index in [1.54, 1.807) is 0 Å². The van der Waals surface area contributed by atoms with Gasteiger partial charge < -0.3 is 0 Å². The first-order valence-electron chi connectivity index (χ1n) is 4.43. The molecule has 1 rings (SSSR count). The van der Waals surface area contributed by atoms with Gasteiger partial charge in [-0.15, -0.1) is 0 Å². The Hall–Kier alpha value is -0.0800. The van der Waals surface area contributed by atoms with Crippen molar-refractivity contribution in [1.29, 1.82) is 0 Å². The lowest BCUT2D eigenvalue weighted by atomic mass is 9.92. The average molecular weight is 156 g/mol. The van der Waals surface area contributed by atoms with Crippen LogP contribution in [0, 0.1) is 5.41 Å². The van der Waals surface area contributed by atoms with E-state index in [-0.39, 0.29) is 0 Å². The quantitative estimate of drug-likeness (QED) is 0.611. The highest BCUT2D eigenvalue weighted by molar-refractivity contribution is 4.85. The van der Waals surface area contributed by atoms with E-state index in [2.05, 4.69) is 38.4 Å². The molecule has 0 heterocycles. The average Bonchev–Trinajstić information content (AvgIpc) is 2.08. The van der Waals surface area contributed by atoms with Gasteiger partial charge in [0.25, 0.3) is 0 Å². The first-order chi connectivity index (χ1) is 4.99. The highest BCUT2D eigenvalue weighted by Gasteiger charge is 2.30. The van der Waals surface area contributed by atoms with E-state index in [0.29, 0.717) is 11.5 Å². The molecule has 1 aliphatic rings. The van der Waals surface area contributed by atoms with E-state index >= 15 is 0 Å². The highest BCUT2D eigenvalue weighted by Crippen LogP contribution is 2.36. The van der Waals surface area contributed by atoms with Crippen LogP contribution < -0.4 is 5.43 Å². The molecule has 0 radical (unpaired) electrons. The van der Waals surface area contributed by atoms with Crippen LogP contribution in [-0.4, -0.2) is 25.1 Å². The lowest BCUT2D eigenvalue weighted by Crippen LogP contribution is -2.38. The van der Waals surface area contributed by atoms with E-state index in [9.17, 15) is 0 Å². The lowest BCUT2D eigenvalue weighted by Gasteiger charge is -2.20. The molecule has 1 atom stereocenters. The lowest BCUT2D eigenvalue weighted by molar-refractivity contribution is 0.232. The summed E-state index contributed by atoms with van der Waals surface area (Å²) in [4.78, 5) is 0. The standard InChI is InChI=1S/C9H20N2/c1-9(2)6-5-8(7-9)10-11(3)4/h8,10H,5-7H2,1-4H3. The third kappa shape index (κ3) is 2.80. The summed E-state index contributed by atoms with van der Waals surface area (Å²) in [5, 5.41) is 2.06. The molecule has 0 bridgehead atoms. The second kappa shape index (κ2) is 3.11. The predicted octanol–water partition coefficient (Wildman–Crippen LogP) is 1.63. The Bertz CT molecular complexity index is 130. The monoisotopic (exact) mass is 156 g/mol. The van der Waals surface area contributed by atoms with Crippen LogP contribution in [0.5, 0.6) is 0 Å². The van der Waals surface area contributed by atoms with Gasteiger partial charge in [-0.25, -0.2) is 0 Å². The van der Waals surface area contributed by atoms with Gasteiger partial charge in [0.1, 0.15) is 0 Å². The van der Waals surface area contributed by atoms with Gasteiger partial charge in [0, 0.05) is 20.1 Å². The molecule has 0 saturated heterocycles. The fourth-order valence-corrected chi connectivity index (χ4v) is 1.91. The Labute approximate surface area is 69.9 Å². The van der Waals surface area contributed by atoms with E-state index in [1.165, 1.54) is 19.3 Å². The van der Waals surface area contributed by atoms with Crippen molar-refractivity contribution >= 4 is 0 Å². The maximum absolute atomic E-state index is 3.43. The summed E-state index contributed by atoms with van der Waals surface area (Å²) in [6.45, 7) is 4.70. The van der Waals surface area contributed by atoms with Crippen molar-refractivity contribution in [3.05, 3.63) is 0 Å². The zero-order chi connectivity index (χ0) is 8.48. The number of nitrogens with one attached hydrogen (secondary N) is 1. The number of nitrogens with zero attached hydrogens (tertiary/aromatic N) is 1. The van der Waals surface area contributed by atoms with Crippen molar-refractivity contribution in [2.24, 2.45) is 5.41 Å². The maximum atomic E-state index is 3.43. The summed E-state index contributed by atoms with van der Waals surface area (Å²) in [7, 11) is 4.12. The van der Waals surface area contributed by atoms with Crippen molar-refractivity contribution in [3.8, 4) is 0 Å². The van der Waals surface area contributed by atoms with E-state index in [1.807, 2.05) is 0 Å². The summed E-state index contributed by atoms with van der Waals surface area (Å²) < 4.78 is 0. The number of rotatable bonds is 2. The van der Waals surface area contributed by atoms with Crippen LogP contribution in [0.3, 0.4) is 0 Å². The third-order valence-electron chi connectivity index (χ3n) is 2.41. The number of hydrogen-bond acceptors (Lipinski definition) is 2. The molecule has 0 aliphatic heterocycles. The van der Waals surface area contributed by atoms with Crippen molar-refractivity contribution in [2.45, 2.75) is 39.2 Å². The molecule has 2 nitrogen and oxygen atoms in total. The molecule has 1 unspecified atom stereocenters. The molecule has 0 aromatic carbocycles. The number of hydrogen-bond donors (Lipinski definition) is 1. The Morgan fingerprint density at radius 2 is 2.00 bits per heavy atom. The third-order valence-corrected chi connectivity index (χ3v) is 2.41. The molecule has 0 aromatic rings. The summed E-state index contributed by atoms with van der Waals surface area (Å²) in [5.74, 6) is 0. The summed E-state index contributed by atoms with van der Waals surface area (Å²) in [6.07, 6.45) is 3.99. The van der Waals surface area contributed by atoms with Gasteiger partial charge in [0.05, 0.1) is 0 Å². The van der Waals surface area contributed by atoms with Gasteiger partial charge in [0.15, 0.2) is 0 Å². The van der Waals surface area contributed by atoms with Gasteiger partial charge in [0.2, 0.25) is 0 Å². The van der Waals surface area contributed by atoms with E-state index in [0.717, 1.165) is 0 Å².